The summed E-state index contributed by atoms with van der Waals surface area (Å²) in [4.78, 5) is 12.2. The minimum Gasteiger partial charge on any atom is -0.464 e. The van der Waals surface area contributed by atoms with Gasteiger partial charge in [0.2, 0.25) is 5.91 Å². The number of nitrogens with one attached hydrogen (secondary N) is 1. The fourth-order valence-electron chi connectivity index (χ4n) is 2.75. The number of rotatable bonds is 5. The van der Waals surface area contributed by atoms with E-state index in [-0.39, 0.29) is 18.4 Å². The molecule has 0 bridgehead atoms. The second kappa shape index (κ2) is 6.89. The van der Waals surface area contributed by atoms with Gasteiger partial charge in [0.15, 0.2) is 0 Å². The summed E-state index contributed by atoms with van der Waals surface area (Å²) < 4.78 is 5.58. The van der Waals surface area contributed by atoms with Crippen LogP contribution in [0.4, 0.5) is 0 Å². The fraction of sp³-hybridized carbons (Fsp3) is 0.250. The summed E-state index contributed by atoms with van der Waals surface area (Å²) in [5, 5.41) is 3.90. The second-order valence-electron chi connectivity index (χ2n) is 6.19. The molecule has 0 fully saturated rings. The van der Waals surface area contributed by atoms with Crippen molar-refractivity contribution in [2.75, 3.05) is 6.54 Å². The van der Waals surface area contributed by atoms with Gasteiger partial charge in [0, 0.05) is 23.5 Å². The van der Waals surface area contributed by atoms with E-state index in [2.05, 4.69) is 25.2 Å². The molecule has 0 saturated heterocycles. The highest BCUT2D eigenvalue weighted by Gasteiger charge is 2.13. The fourth-order valence-corrected chi connectivity index (χ4v) is 2.75. The van der Waals surface area contributed by atoms with Gasteiger partial charge in [-0.1, -0.05) is 30.3 Å². The third-order valence-electron chi connectivity index (χ3n) is 4.37. The number of hydrogen-bond acceptors (Lipinski definition) is 3. The van der Waals surface area contributed by atoms with Crippen molar-refractivity contribution in [3.8, 4) is 0 Å². The Morgan fingerprint density at radius 2 is 1.88 bits per heavy atom. The van der Waals surface area contributed by atoms with E-state index in [9.17, 15) is 4.79 Å². The van der Waals surface area contributed by atoms with Gasteiger partial charge in [-0.05, 0) is 42.7 Å². The summed E-state index contributed by atoms with van der Waals surface area (Å²) in [5.41, 5.74) is 11.2. The molecular weight excluding hydrogens is 300 g/mol. The van der Waals surface area contributed by atoms with Crippen molar-refractivity contribution in [3.05, 3.63) is 71.0 Å². The van der Waals surface area contributed by atoms with Crippen LogP contribution in [0.3, 0.4) is 0 Å². The number of furan rings is 1. The smallest absolute Gasteiger partial charge is 0.224 e. The van der Waals surface area contributed by atoms with Crippen LogP contribution in [0.1, 0.15) is 28.3 Å². The van der Waals surface area contributed by atoms with E-state index in [0.29, 0.717) is 6.54 Å². The molecule has 4 heteroatoms. The molecule has 4 nitrogen and oxygen atoms in total. The number of benzene rings is 2. The molecule has 0 aliphatic rings. The Bertz CT molecular complexity index is 853. The first kappa shape index (κ1) is 16.3. The Morgan fingerprint density at radius 3 is 2.62 bits per heavy atom. The molecular formula is C20H22N2O2. The summed E-state index contributed by atoms with van der Waals surface area (Å²) in [6.45, 7) is 4.52. The maximum Gasteiger partial charge on any atom is 0.224 e. The van der Waals surface area contributed by atoms with Crippen LogP contribution in [0.25, 0.3) is 11.0 Å². The van der Waals surface area contributed by atoms with Crippen LogP contribution in [-0.4, -0.2) is 12.5 Å². The van der Waals surface area contributed by atoms with Crippen LogP contribution in [0.5, 0.6) is 0 Å². The maximum absolute atomic E-state index is 12.2. The first-order valence-electron chi connectivity index (χ1n) is 8.09. The number of nitrogens with two attached hydrogens (primary N) is 1. The highest BCUT2D eigenvalue weighted by molar-refractivity contribution is 5.88. The van der Waals surface area contributed by atoms with Crippen molar-refractivity contribution >= 4 is 16.9 Å². The first-order valence-corrected chi connectivity index (χ1v) is 8.09. The van der Waals surface area contributed by atoms with Gasteiger partial charge in [0.25, 0.3) is 0 Å². The number of carbonyl (C=O) groups is 1. The molecule has 0 aliphatic heterocycles. The number of amides is 1. The van der Waals surface area contributed by atoms with Gasteiger partial charge >= 0.3 is 0 Å². The van der Waals surface area contributed by atoms with Crippen molar-refractivity contribution in [2.24, 2.45) is 5.73 Å². The lowest BCUT2D eigenvalue weighted by molar-refractivity contribution is -0.120. The number of hydrogen-bond donors (Lipinski definition) is 2. The van der Waals surface area contributed by atoms with Gasteiger partial charge in [0.05, 0.1) is 12.7 Å². The van der Waals surface area contributed by atoms with Crippen LogP contribution in [0, 0.1) is 13.8 Å². The Balaban J connectivity index is 1.64. The Labute approximate surface area is 141 Å². The van der Waals surface area contributed by atoms with Crippen LogP contribution < -0.4 is 11.1 Å². The highest BCUT2D eigenvalue weighted by atomic mass is 16.3. The Kier molecular flexibility index (Phi) is 4.67. The molecule has 1 aromatic heterocycles. The molecule has 1 amide bonds. The lowest BCUT2D eigenvalue weighted by Gasteiger charge is -2.13. The van der Waals surface area contributed by atoms with Crippen molar-refractivity contribution in [2.45, 2.75) is 26.3 Å². The van der Waals surface area contributed by atoms with Crippen molar-refractivity contribution in [1.82, 2.24) is 5.32 Å². The molecule has 3 rings (SSSR count). The topological polar surface area (TPSA) is 68.3 Å². The van der Waals surface area contributed by atoms with Crippen molar-refractivity contribution in [3.63, 3.8) is 0 Å². The maximum atomic E-state index is 12.2. The summed E-state index contributed by atoms with van der Waals surface area (Å²) in [6, 6.07) is 13.6. The van der Waals surface area contributed by atoms with Crippen molar-refractivity contribution in [1.29, 1.82) is 0 Å². The first-order chi connectivity index (χ1) is 11.5. The van der Waals surface area contributed by atoms with E-state index in [1.807, 2.05) is 36.4 Å². The van der Waals surface area contributed by atoms with E-state index in [1.165, 1.54) is 11.1 Å². The molecule has 0 saturated carbocycles. The zero-order valence-corrected chi connectivity index (χ0v) is 14.0. The predicted octanol–water partition coefficient (Wildman–Crippen LogP) is 3.41. The van der Waals surface area contributed by atoms with E-state index in [0.717, 1.165) is 22.1 Å². The summed E-state index contributed by atoms with van der Waals surface area (Å²) in [7, 11) is 0. The molecule has 0 radical (unpaired) electrons. The van der Waals surface area contributed by atoms with E-state index >= 15 is 0 Å². The minimum absolute atomic E-state index is 0.0534. The molecule has 2 aromatic carbocycles. The number of aryl methyl sites for hydroxylation is 2. The van der Waals surface area contributed by atoms with Gasteiger partial charge in [-0.2, -0.15) is 0 Å². The molecule has 1 unspecified atom stereocenters. The normalized spacial score (nSPS) is 12.3. The molecule has 24 heavy (non-hydrogen) atoms. The standard InChI is InChI=1S/C20H22N2O2/c1-13-8-17-16(12-24-19(17)9-14(13)2)10-20(23)22-11-18(21)15-6-4-3-5-7-15/h3-9,12,18H,10-11,21H2,1-2H3,(H,22,23). The van der Waals surface area contributed by atoms with E-state index < -0.39 is 0 Å². The molecule has 1 heterocycles. The molecule has 1 atom stereocenters. The zero-order chi connectivity index (χ0) is 17.1. The summed E-state index contributed by atoms with van der Waals surface area (Å²) in [6.07, 6.45) is 1.96. The zero-order valence-electron chi connectivity index (χ0n) is 14.0. The second-order valence-corrected chi connectivity index (χ2v) is 6.19. The molecule has 3 aromatic rings. The molecule has 0 spiro atoms. The third-order valence-corrected chi connectivity index (χ3v) is 4.37. The molecule has 124 valence electrons. The Morgan fingerprint density at radius 1 is 1.17 bits per heavy atom. The predicted molar refractivity (Wildman–Crippen MR) is 95.8 cm³/mol. The van der Waals surface area contributed by atoms with Crippen LogP contribution in [0.2, 0.25) is 0 Å². The van der Waals surface area contributed by atoms with Crippen LogP contribution in [0.15, 0.2) is 53.1 Å². The van der Waals surface area contributed by atoms with Gasteiger partial charge in [-0.25, -0.2) is 0 Å². The largest absolute Gasteiger partial charge is 0.464 e. The SMILES string of the molecule is Cc1cc2occ(CC(=O)NCC(N)c3ccccc3)c2cc1C. The summed E-state index contributed by atoms with van der Waals surface area (Å²) in [5.74, 6) is -0.0534. The molecule has 0 aliphatic carbocycles. The number of fused-ring (bicyclic) bond motifs is 1. The lowest BCUT2D eigenvalue weighted by Crippen LogP contribution is -2.32. The van der Waals surface area contributed by atoms with E-state index in [1.54, 1.807) is 6.26 Å². The van der Waals surface area contributed by atoms with Gasteiger partial charge in [-0.15, -0.1) is 0 Å². The third kappa shape index (κ3) is 3.49. The Hall–Kier alpha value is -2.59. The van der Waals surface area contributed by atoms with Gasteiger partial charge in [0.1, 0.15) is 5.58 Å². The molecule has 3 N–H and O–H groups in total. The monoisotopic (exact) mass is 322 g/mol. The minimum atomic E-state index is -0.207. The average Bonchev–Trinajstić information content (AvgIpc) is 2.95. The van der Waals surface area contributed by atoms with Crippen LogP contribution in [-0.2, 0) is 11.2 Å². The van der Waals surface area contributed by atoms with Gasteiger partial charge < -0.3 is 15.5 Å². The highest BCUT2D eigenvalue weighted by Crippen LogP contribution is 2.25. The van der Waals surface area contributed by atoms with Crippen molar-refractivity contribution < 1.29 is 9.21 Å². The quantitative estimate of drug-likeness (QED) is 0.756. The van der Waals surface area contributed by atoms with E-state index in [4.69, 9.17) is 10.2 Å². The number of carbonyl (C=O) groups excluding carboxylic acids is 1. The lowest BCUT2D eigenvalue weighted by atomic mass is 10.0. The van der Waals surface area contributed by atoms with Crippen LogP contribution >= 0.6 is 0 Å². The van der Waals surface area contributed by atoms with Gasteiger partial charge in [-0.3, -0.25) is 4.79 Å². The summed E-state index contributed by atoms with van der Waals surface area (Å²) >= 11 is 0. The average molecular weight is 322 g/mol.